The van der Waals surface area contributed by atoms with Gasteiger partial charge in [0.15, 0.2) is 5.91 Å². The Hall–Kier alpha value is 1.27. The number of thiocarbonyl (C=S) groups is 1. The zero-order valence-corrected chi connectivity index (χ0v) is 30.9. The van der Waals surface area contributed by atoms with Gasteiger partial charge in [0, 0.05) is 20.1 Å². The van der Waals surface area contributed by atoms with Crippen LogP contribution in [-0.2, 0) is 9.53 Å². The third kappa shape index (κ3) is 45.2. The van der Waals surface area contributed by atoms with E-state index in [-0.39, 0.29) is 76.9 Å². The molecule has 1 atom stereocenters. The van der Waals surface area contributed by atoms with Gasteiger partial charge in [-0.1, -0.05) is 71.9 Å². The molecule has 0 spiro atoms. The fourth-order valence-corrected chi connectivity index (χ4v) is 4.32. The molecule has 0 aromatic heterocycles. The number of nitriles is 1. The van der Waals surface area contributed by atoms with E-state index in [9.17, 15) is 9.90 Å². The maximum absolute atomic E-state index is 11.3. The molecule has 1 amide bonds. The Bertz CT molecular complexity index is 543. The van der Waals surface area contributed by atoms with Crippen LogP contribution in [0.25, 0.3) is 0 Å². The van der Waals surface area contributed by atoms with Gasteiger partial charge in [-0.25, -0.2) is 6.54 Å². The van der Waals surface area contributed by atoms with Crippen molar-refractivity contribution in [1.82, 2.24) is 5.32 Å². The Kier molecular flexibility index (Phi) is 45.2. The van der Waals surface area contributed by atoms with E-state index in [0.29, 0.717) is 19.3 Å². The van der Waals surface area contributed by atoms with Gasteiger partial charge >= 0.3 is 51.4 Å². The van der Waals surface area contributed by atoms with Crippen LogP contribution >= 0.6 is 35.7 Å². The molecule has 0 aliphatic heterocycles. The van der Waals surface area contributed by atoms with Crippen molar-refractivity contribution in [3.05, 3.63) is 14.0 Å². The molecule has 212 valence electrons. The number of nitrogens with one attached hydrogen (secondary N) is 1. The minimum absolute atomic E-state index is 0. The number of hydrogen-bond donors (Lipinski definition) is 2. The van der Waals surface area contributed by atoms with Gasteiger partial charge in [0.1, 0.15) is 8.28 Å². The van der Waals surface area contributed by atoms with Crippen molar-refractivity contribution < 1.29 is 71.1 Å². The van der Waals surface area contributed by atoms with Crippen molar-refractivity contribution >= 4 is 45.2 Å². The Labute approximate surface area is 280 Å². The van der Waals surface area contributed by atoms with Crippen LogP contribution in [0.1, 0.15) is 94.9 Å². The van der Waals surface area contributed by atoms with Crippen molar-refractivity contribution in [2.75, 3.05) is 19.5 Å². The number of aliphatic hydroxyl groups excluding tert-OH is 1. The Morgan fingerprint density at radius 2 is 1.67 bits per heavy atom. The van der Waals surface area contributed by atoms with Crippen LogP contribution in [0.4, 0.5) is 0 Å². The molecule has 0 fully saturated rings. The van der Waals surface area contributed by atoms with Gasteiger partial charge in [-0.05, 0) is 45.3 Å². The Morgan fingerprint density at radius 1 is 1.22 bits per heavy atom. The van der Waals surface area contributed by atoms with Crippen molar-refractivity contribution in [2.24, 2.45) is 5.92 Å². The summed E-state index contributed by atoms with van der Waals surface area (Å²) in [6, 6.07) is 2.24. The average molecular weight is 593 g/mol. The predicted octanol–water partition coefficient (Wildman–Crippen LogP) is 3.17. The molecular weight excluding hydrogens is 540 g/mol. The van der Waals surface area contributed by atoms with E-state index < -0.39 is 10.9 Å². The molecule has 0 saturated heterocycles. The first-order valence-corrected chi connectivity index (χ1v) is 14.0. The summed E-state index contributed by atoms with van der Waals surface area (Å²) in [7, 11) is 1.65. The number of aliphatic hydroxyl groups is 1. The van der Waals surface area contributed by atoms with E-state index in [1.165, 1.54) is 18.2 Å². The molecule has 2 N–H and O–H groups in total. The molecule has 6 nitrogen and oxygen atoms in total. The zero-order valence-electron chi connectivity index (χ0n) is 25.3. The topological polar surface area (TPSA) is 105 Å². The van der Waals surface area contributed by atoms with E-state index in [4.69, 9.17) is 27.3 Å². The quantitative estimate of drug-likeness (QED) is 0.226. The number of carbonyl (C=O) groups excluding carboxylic acids is 1. The second-order valence-corrected chi connectivity index (χ2v) is 12.7. The molecule has 0 rings (SSSR count). The SMILES string of the molecule is CC(C)[O-].CCC(C)C.COC(C)(C)CCO.C[CH-]NC(=O)CCC(C)(C#N)SC(=S)SCC.[CH3-].[K+]. The van der Waals surface area contributed by atoms with E-state index in [1.54, 1.807) is 46.2 Å². The third-order valence-electron chi connectivity index (χ3n) is 4.02. The van der Waals surface area contributed by atoms with Crippen molar-refractivity contribution in [3.63, 3.8) is 0 Å². The fourth-order valence-electron chi connectivity index (χ4n) is 1.42. The molecular formula is C26H53KN2O4S3-2. The number of hydrogen-bond acceptors (Lipinski definition) is 8. The van der Waals surface area contributed by atoms with Crippen LogP contribution in [0.15, 0.2) is 0 Å². The van der Waals surface area contributed by atoms with Gasteiger partial charge in [0.25, 0.3) is 0 Å². The van der Waals surface area contributed by atoms with E-state index in [0.717, 1.165) is 15.2 Å². The van der Waals surface area contributed by atoms with Crippen molar-refractivity contribution in [1.29, 1.82) is 5.26 Å². The summed E-state index contributed by atoms with van der Waals surface area (Å²) in [5, 5.41) is 29.7. The van der Waals surface area contributed by atoms with E-state index in [1.807, 2.05) is 27.7 Å². The number of nitrogens with zero attached hydrogens (tertiary/aromatic N) is 1. The molecule has 0 heterocycles. The standard InChI is InChI=1S/C11H17N2OS3.C6H14O2.C5H12.C3H7O.CH3.K/c1-4-13-9(14)6-7-11(3,8-12)17-10(15)16-5-2;1-6(2,8-3)4-5-7;1-4-5(2)3;1-3(2)4;;/h4H,5-7H2,1-3H3,(H,13,14);7H,4-5H2,1-3H3;5H,4H2,1-3H3;3H,1-2H3;1H3;/q-1;;;2*-1;+1. The average Bonchev–Trinajstić information content (AvgIpc) is 2.73. The van der Waals surface area contributed by atoms with Crippen molar-refractivity contribution in [2.45, 2.75) is 111 Å². The van der Waals surface area contributed by atoms with E-state index >= 15 is 0 Å². The molecule has 0 aliphatic carbocycles. The molecule has 0 bridgehead atoms. The molecule has 10 heteroatoms. The van der Waals surface area contributed by atoms with Gasteiger partial charge in [0.05, 0.1) is 11.7 Å². The molecule has 0 saturated carbocycles. The summed E-state index contributed by atoms with van der Waals surface area (Å²) in [6.07, 6.45) is 2.42. The monoisotopic (exact) mass is 592 g/mol. The Morgan fingerprint density at radius 3 is 1.92 bits per heavy atom. The maximum Gasteiger partial charge on any atom is 1.00 e. The smallest absolute Gasteiger partial charge is 0.852 e. The summed E-state index contributed by atoms with van der Waals surface area (Å²) in [4.78, 5) is 11.3. The van der Waals surface area contributed by atoms with Crippen LogP contribution in [-0.4, -0.2) is 50.5 Å². The summed E-state index contributed by atoms with van der Waals surface area (Å²) >= 11 is 8.10. The van der Waals surface area contributed by atoms with Crippen LogP contribution in [0.2, 0.25) is 0 Å². The second-order valence-electron chi connectivity index (χ2n) is 8.77. The minimum Gasteiger partial charge on any atom is -0.852 e. The van der Waals surface area contributed by atoms with Crippen LogP contribution in [0, 0.1) is 31.2 Å². The molecule has 0 aliphatic rings. The van der Waals surface area contributed by atoms with Crippen LogP contribution in [0.5, 0.6) is 0 Å². The number of amides is 1. The summed E-state index contributed by atoms with van der Waals surface area (Å²) in [6.45, 7) is 21.1. The maximum atomic E-state index is 11.3. The van der Waals surface area contributed by atoms with Gasteiger partial charge < -0.3 is 27.7 Å². The first-order valence-electron chi connectivity index (χ1n) is 11.8. The number of thioether (sulfide) groups is 2. The first kappa shape index (κ1) is 50.1. The zero-order chi connectivity index (χ0) is 27.8. The first-order chi connectivity index (χ1) is 15.6. The van der Waals surface area contributed by atoms with Gasteiger partial charge in [-0.2, -0.15) is 12.2 Å². The fraction of sp³-hybridized carbons (Fsp3) is 0.808. The summed E-state index contributed by atoms with van der Waals surface area (Å²) in [5.74, 6) is 1.72. The third-order valence-corrected chi connectivity index (χ3v) is 6.67. The number of rotatable bonds is 10. The summed E-state index contributed by atoms with van der Waals surface area (Å²) < 4.78 is 5.16. The van der Waals surface area contributed by atoms with Gasteiger partial charge in [-0.15, -0.1) is 17.9 Å². The van der Waals surface area contributed by atoms with Gasteiger partial charge in [-0.3, -0.25) is 4.79 Å². The molecule has 0 aromatic carbocycles. The minimum atomic E-state index is -0.621. The van der Waals surface area contributed by atoms with Crippen molar-refractivity contribution in [3.8, 4) is 6.07 Å². The molecule has 36 heavy (non-hydrogen) atoms. The second kappa shape index (κ2) is 32.5. The normalized spacial score (nSPS) is 11.4. The number of carbonyl (C=O) groups is 1. The van der Waals surface area contributed by atoms with Crippen LogP contribution in [0.3, 0.4) is 0 Å². The predicted molar refractivity (Wildman–Crippen MR) is 159 cm³/mol. The molecule has 0 aromatic rings. The van der Waals surface area contributed by atoms with Crippen LogP contribution < -0.4 is 61.8 Å². The molecule has 0 radical (unpaired) electrons. The van der Waals surface area contributed by atoms with Gasteiger partial charge in [0.2, 0.25) is 0 Å². The number of ether oxygens (including phenoxy) is 1. The molecule has 1 unspecified atom stereocenters. The summed E-state index contributed by atoms with van der Waals surface area (Å²) in [5.41, 5.74) is -0.158. The number of methoxy groups -OCH3 is 1. The van der Waals surface area contributed by atoms with E-state index in [2.05, 4.69) is 32.2 Å². The Balaban J connectivity index is -0.0000000986. The largest absolute Gasteiger partial charge is 1.00 e.